The quantitative estimate of drug-likeness (QED) is 0.333. The second-order valence-corrected chi connectivity index (χ2v) is 8.59. The molecule has 3 aliphatic rings. The highest BCUT2D eigenvalue weighted by Gasteiger charge is 2.66. The van der Waals surface area contributed by atoms with Crippen LogP contribution in [-0.2, 0) is 9.59 Å². The predicted molar refractivity (Wildman–Crippen MR) is 112 cm³/mol. The number of nitrogens with two attached hydrogens (primary N) is 1. The van der Waals surface area contributed by atoms with Crippen LogP contribution in [0.2, 0.25) is 0 Å². The van der Waals surface area contributed by atoms with E-state index in [4.69, 9.17) is 5.73 Å². The Morgan fingerprint density at radius 2 is 1.75 bits per heavy atom. The lowest BCUT2D eigenvalue weighted by molar-refractivity contribution is -0.164. The van der Waals surface area contributed by atoms with Gasteiger partial charge in [-0.2, -0.15) is 0 Å². The van der Waals surface area contributed by atoms with Crippen molar-refractivity contribution in [3.05, 3.63) is 57.6 Å². The van der Waals surface area contributed by atoms with Crippen LogP contribution in [0.3, 0.4) is 0 Å². The van der Waals surface area contributed by atoms with Crippen LogP contribution in [0.5, 0.6) is 5.75 Å². The summed E-state index contributed by atoms with van der Waals surface area (Å²) in [7, 11) is 2.97. The van der Waals surface area contributed by atoms with Crippen LogP contribution in [0, 0.1) is 5.92 Å². The molecule has 170 valence electrons. The lowest BCUT2D eigenvalue weighted by Gasteiger charge is -2.51. The number of primary amides is 1. The maximum atomic E-state index is 13.7. The van der Waals surface area contributed by atoms with Gasteiger partial charge in [0.15, 0.2) is 5.60 Å². The van der Waals surface area contributed by atoms with Crippen LogP contribution in [0.1, 0.15) is 24.0 Å². The summed E-state index contributed by atoms with van der Waals surface area (Å²) < 4.78 is 0. The highest BCUT2D eigenvalue weighted by atomic mass is 16.4. The van der Waals surface area contributed by atoms with Crippen LogP contribution >= 0.6 is 0 Å². The maximum Gasteiger partial charge on any atom is 0.250 e. The summed E-state index contributed by atoms with van der Waals surface area (Å²) >= 11 is 0. The first kappa shape index (κ1) is 21.9. The third-order valence-corrected chi connectivity index (χ3v) is 6.74. The average molecular weight is 444 g/mol. The van der Waals surface area contributed by atoms with Crippen LogP contribution in [-0.4, -0.2) is 79.1 Å². The Morgan fingerprint density at radius 3 is 2.31 bits per heavy atom. The number of Topliss-reactive ketones (excluding diaryl/α,β-unsaturated/α-hetero) is 1. The zero-order chi connectivity index (χ0) is 23.9. The van der Waals surface area contributed by atoms with Gasteiger partial charge in [0, 0.05) is 11.5 Å². The fourth-order valence-corrected chi connectivity index (χ4v) is 5.26. The van der Waals surface area contributed by atoms with Crippen molar-refractivity contribution in [2.45, 2.75) is 30.6 Å². The number of carbonyl (C=O) groups excluding carboxylic acids is 2. The molecular formula is C22H24N2O8. The molecule has 8 N–H and O–H groups in total. The van der Waals surface area contributed by atoms with Gasteiger partial charge in [-0.3, -0.25) is 14.5 Å². The lowest BCUT2D eigenvalue weighted by Crippen LogP contribution is -2.68. The number of nitrogens with zero attached hydrogens (tertiary/aromatic N) is 1. The SMILES string of the molecule is C[C@@H]1C2=C(O)[C@H]3[C@H](N(C)C)C(O)=C(C(N)=O)C(O)[C@@]3(O)C(=O)C2=C(O)c2c(O)cccc21. The van der Waals surface area contributed by atoms with Gasteiger partial charge >= 0.3 is 0 Å². The highest BCUT2D eigenvalue weighted by Crippen LogP contribution is 2.55. The minimum absolute atomic E-state index is 0.00495. The third kappa shape index (κ3) is 2.45. The Labute approximate surface area is 182 Å². The van der Waals surface area contributed by atoms with E-state index in [1.807, 2.05) is 0 Å². The van der Waals surface area contributed by atoms with Crippen LogP contribution in [0.25, 0.3) is 5.76 Å². The molecule has 0 aromatic heterocycles. The van der Waals surface area contributed by atoms with Gasteiger partial charge in [0.05, 0.1) is 28.7 Å². The zero-order valence-electron chi connectivity index (χ0n) is 17.6. The number of hydrogen-bond donors (Lipinski definition) is 7. The largest absolute Gasteiger partial charge is 0.511 e. The summed E-state index contributed by atoms with van der Waals surface area (Å²) in [5.74, 6) is -6.90. The Kier molecular flexibility index (Phi) is 4.67. The number of phenolic OH excluding ortho intramolecular Hbond substituents is 1. The summed E-state index contributed by atoms with van der Waals surface area (Å²) in [6, 6.07) is 3.18. The van der Waals surface area contributed by atoms with Gasteiger partial charge < -0.3 is 36.4 Å². The molecule has 0 radical (unpaired) electrons. The van der Waals surface area contributed by atoms with E-state index in [1.165, 1.54) is 25.1 Å². The van der Waals surface area contributed by atoms with E-state index in [0.29, 0.717) is 5.56 Å². The number of hydrogen-bond acceptors (Lipinski definition) is 9. The molecule has 1 unspecified atom stereocenters. The first-order valence-corrected chi connectivity index (χ1v) is 9.90. The molecule has 4 rings (SSSR count). The molecule has 0 saturated carbocycles. The molecule has 0 saturated heterocycles. The van der Waals surface area contributed by atoms with Crippen molar-refractivity contribution in [1.29, 1.82) is 0 Å². The third-order valence-electron chi connectivity index (χ3n) is 6.74. The molecule has 0 heterocycles. The van der Waals surface area contributed by atoms with Gasteiger partial charge in [0.25, 0.3) is 5.91 Å². The number of fused-ring (bicyclic) bond motifs is 3. The summed E-state index contributed by atoms with van der Waals surface area (Å²) in [4.78, 5) is 27.0. The van der Waals surface area contributed by atoms with Crippen LogP contribution in [0.15, 0.2) is 46.4 Å². The Morgan fingerprint density at radius 1 is 1.12 bits per heavy atom. The van der Waals surface area contributed by atoms with E-state index in [2.05, 4.69) is 0 Å². The highest BCUT2D eigenvalue weighted by molar-refractivity contribution is 6.15. The number of rotatable bonds is 2. The molecule has 1 aromatic rings. The average Bonchev–Trinajstić information content (AvgIpc) is 2.70. The van der Waals surface area contributed by atoms with Crippen molar-refractivity contribution in [1.82, 2.24) is 4.90 Å². The smallest absolute Gasteiger partial charge is 0.250 e. The number of aliphatic hydroxyl groups excluding tert-OH is 4. The van der Waals surface area contributed by atoms with Gasteiger partial charge in [0.1, 0.15) is 29.1 Å². The van der Waals surface area contributed by atoms with Gasteiger partial charge in [-0.15, -0.1) is 0 Å². The molecule has 1 amide bonds. The monoisotopic (exact) mass is 444 g/mol. The molecular weight excluding hydrogens is 420 g/mol. The second-order valence-electron chi connectivity index (χ2n) is 8.59. The zero-order valence-corrected chi connectivity index (χ0v) is 17.6. The van der Waals surface area contributed by atoms with E-state index >= 15 is 0 Å². The molecule has 0 aliphatic heterocycles. The number of aromatic hydroxyl groups is 1. The number of amides is 1. The molecule has 10 nitrogen and oxygen atoms in total. The molecule has 0 bridgehead atoms. The number of benzene rings is 1. The number of carbonyl (C=O) groups is 2. The molecule has 1 aromatic carbocycles. The Bertz CT molecular complexity index is 1160. The number of likely N-dealkylation sites (N-methyl/N-ethyl adjacent to an activating group) is 1. The first-order chi connectivity index (χ1) is 14.9. The lowest BCUT2D eigenvalue weighted by atomic mass is 9.58. The fourth-order valence-electron chi connectivity index (χ4n) is 5.26. The van der Waals surface area contributed by atoms with Gasteiger partial charge in [0.2, 0.25) is 5.78 Å². The van der Waals surface area contributed by atoms with Crippen molar-refractivity contribution in [3.8, 4) is 5.75 Å². The normalized spacial score (nSPS) is 32.1. The molecule has 3 aliphatic carbocycles. The van der Waals surface area contributed by atoms with Crippen LogP contribution < -0.4 is 5.73 Å². The number of allylic oxidation sites excluding steroid dienone is 1. The second kappa shape index (κ2) is 6.83. The molecule has 5 atom stereocenters. The minimum Gasteiger partial charge on any atom is -0.511 e. The fraction of sp³-hybridized carbons (Fsp3) is 0.364. The van der Waals surface area contributed by atoms with E-state index in [9.17, 15) is 40.2 Å². The standard InChI is InChI=1S/C22H24N2O8/c1-7-8-5-4-6-9(25)11(8)16(26)12-10(7)17(27)14-15(24(2)3)18(28)13(21(23)31)20(30)22(14,32)19(12)29/h4-7,14-15,20,25-28,30,32H,1-3H3,(H2,23,31)/t7-,14+,15-,20?,22-/m0/s1. The van der Waals surface area contributed by atoms with Crippen molar-refractivity contribution in [2.75, 3.05) is 14.1 Å². The summed E-state index contributed by atoms with van der Waals surface area (Å²) in [6.07, 6.45) is -2.28. The van der Waals surface area contributed by atoms with E-state index in [1.54, 1.807) is 19.1 Å². The van der Waals surface area contributed by atoms with Gasteiger partial charge in [-0.05, 0) is 25.7 Å². The number of ketones is 1. The molecule has 0 fully saturated rings. The molecule has 10 heteroatoms. The van der Waals surface area contributed by atoms with Crippen molar-refractivity contribution in [3.63, 3.8) is 0 Å². The topological polar surface area (TPSA) is 185 Å². The predicted octanol–water partition coefficient (Wildman–Crippen LogP) is 0.123. The van der Waals surface area contributed by atoms with E-state index < -0.39 is 69.7 Å². The Hall–Kier alpha value is -3.34. The summed E-state index contributed by atoms with van der Waals surface area (Å²) in [5.41, 5.74) is 1.62. The minimum atomic E-state index is -2.83. The van der Waals surface area contributed by atoms with Gasteiger partial charge in [-0.25, -0.2) is 0 Å². The van der Waals surface area contributed by atoms with Crippen molar-refractivity contribution < 1.29 is 40.2 Å². The Balaban J connectivity index is 2.11. The first-order valence-electron chi connectivity index (χ1n) is 9.90. The molecule has 0 spiro atoms. The van der Waals surface area contributed by atoms with Crippen molar-refractivity contribution in [2.24, 2.45) is 11.7 Å². The number of aliphatic hydroxyl groups is 5. The maximum absolute atomic E-state index is 13.7. The van der Waals surface area contributed by atoms with Crippen LogP contribution in [0.4, 0.5) is 0 Å². The van der Waals surface area contributed by atoms with Crippen molar-refractivity contribution >= 4 is 17.4 Å². The van der Waals surface area contributed by atoms with Gasteiger partial charge in [-0.1, -0.05) is 19.1 Å². The summed E-state index contributed by atoms with van der Waals surface area (Å²) in [6.45, 7) is 1.64. The molecule has 32 heavy (non-hydrogen) atoms. The summed E-state index contributed by atoms with van der Waals surface area (Å²) in [5, 5.41) is 65.7. The number of phenols is 1. The van der Waals surface area contributed by atoms with E-state index in [-0.39, 0.29) is 16.9 Å². The van der Waals surface area contributed by atoms with E-state index in [0.717, 1.165) is 0 Å².